The molecule has 5 nitrogen and oxygen atoms in total. The lowest BCUT2D eigenvalue weighted by atomic mass is 9.65. The van der Waals surface area contributed by atoms with Crippen LogP contribution in [0, 0.1) is 16.6 Å². The third-order valence-electron chi connectivity index (χ3n) is 8.01. The van der Waals surface area contributed by atoms with E-state index >= 15 is 0 Å². The Morgan fingerprint density at radius 3 is 2.15 bits per heavy atom. The van der Waals surface area contributed by atoms with Gasteiger partial charge in [-0.15, -0.1) is 6.58 Å². The van der Waals surface area contributed by atoms with Crippen molar-refractivity contribution in [2.24, 2.45) is 10.8 Å². The molecule has 0 fully saturated rings. The van der Waals surface area contributed by atoms with Gasteiger partial charge in [0.15, 0.2) is 23.1 Å². The molecule has 216 valence electrons. The van der Waals surface area contributed by atoms with Crippen molar-refractivity contribution >= 4 is 11.6 Å². The van der Waals surface area contributed by atoms with E-state index in [0.717, 1.165) is 11.1 Å². The number of allylic oxidation sites excluding steroid dienone is 5. The summed E-state index contributed by atoms with van der Waals surface area (Å²) in [5.74, 6) is 1.57. The van der Waals surface area contributed by atoms with Crippen LogP contribution in [0.3, 0.4) is 0 Å². The normalized spacial score (nSPS) is 19.9. The summed E-state index contributed by atoms with van der Waals surface area (Å²) >= 11 is 0. The molecule has 0 radical (unpaired) electrons. The number of hydrogen-bond acceptors (Lipinski definition) is 5. The van der Waals surface area contributed by atoms with Crippen LogP contribution in [-0.4, -0.2) is 18.2 Å². The summed E-state index contributed by atoms with van der Waals surface area (Å²) in [5.41, 5.74) is 3.01. The molecule has 0 spiro atoms. The van der Waals surface area contributed by atoms with Crippen molar-refractivity contribution in [2.45, 2.75) is 79.2 Å². The minimum atomic E-state index is -0.541. The Hall–Kier alpha value is -3.67. The summed E-state index contributed by atoms with van der Waals surface area (Å²) in [6.07, 6.45) is 4.30. The second kappa shape index (κ2) is 11.0. The Kier molecular flexibility index (Phi) is 7.71. The standard InChI is InChI=1S/C35H39FO5/c1-7-10-22-14-23(15-27(39-8-2)33(22)40-20-21-11-9-12-24(36)13-21)30-31-25(37)16-34(3,4)18-28(31)41-29-19-35(5,6)17-26(38)32(29)30/h7,9,11-15,30H,1,8,10,16-20H2,2-6H3. The van der Waals surface area contributed by atoms with Gasteiger partial charge in [-0.05, 0) is 53.5 Å². The molecule has 0 saturated carbocycles. The molecule has 6 heteroatoms. The quantitative estimate of drug-likeness (QED) is 0.308. The van der Waals surface area contributed by atoms with Crippen molar-refractivity contribution in [3.05, 3.63) is 94.2 Å². The number of halogens is 1. The molecular formula is C35H39FO5. The molecule has 2 aliphatic carbocycles. The van der Waals surface area contributed by atoms with Crippen LogP contribution in [0.2, 0.25) is 0 Å². The predicted octanol–water partition coefficient (Wildman–Crippen LogP) is 7.93. The van der Waals surface area contributed by atoms with E-state index in [2.05, 4.69) is 34.3 Å². The third kappa shape index (κ3) is 5.88. The van der Waals surface area contributed by atoms with Crippen molar-refractivity contribution in [2.75, 3.05) is 6.61 Å². The predicted molar refractivity (Wildman–Crippen MR) is 156 cm³/mol. The van der Waals surface area contributed by atoms with Crippen molar-refractivity contribution in [3.63, 3.8) is 0 Å². The number of carbonyl (C=O) groups excluding carboxylic acids is 2. The molecule has 3 aliphatic rings. The second-order valence-electron chi connectivity index (χ2n) is 12.9. The van der Waals surface area contributed by atoms with Gasteiger partial charge in [-0.25, -0.2) is 4.39 Å². The van der Waals surface area contributed by atoms with Crippen LogP contribution < -0.4 is 9.47 Å². The molecule has 0 bridgehead atoms. The smallest absolute Gasteiger partial charge is 0.165 e. The van der Waals surface area contributed by atoms with Crippen LogP contribution in [-0.2, 0) is 27.4 Å². The summed E-state index contributed by atoms with van der Waals surface area (Å²) in [5, 5.41) is 0. The minimum Gasteiger partial charge on any atom is -0.490 e. The van der Waals surface area contributed by atoms with Gasteiger partial charge in [-0.1, -0.05) is 52.0 Å². The fourth-order valence-electron chi connectivity index (χ4n) is 6.37. The molecule has 0 amide bonds. The molecule has 5 rings (SSSR count). The Bertz CT molecular complexity index is 1420. The number of Topliss-reactive ketones (excluding diaryl/α,β-unsaturated/α-hetero) is 2. The fraction of sp³-hybridized carbons (Fsp3) is 0.429. The summed E-state index contributed by atoms with van der Waals surface area (Å²) < 4.78 is 32.6. The number of benzene rings is 2. The van der Waals surface area contributed by atoms with Gasteiger partial charge < -0.3 is 14.2 Å². The largest absolute Gasteiger partial charge is 0.490 e. The zero-order valence-corrected chi connectivity index (χ0v) is 24.7. The van der Waals surface area contributed by atoms with Crippen LogP contribution in [0.25, 0.3) is 0 Å². The minimum absolute atomic E-state index is 0.0140. The zero-order chi connectivity index (χ0) is 29.5. The van der Waals surface area contributed by atoms with Crippen LogP contribution in [0.5, 0.6) is 11.5 Å². The summed E-state index contributed by atoms with van der Waals surface area (Å²) in [6.45, 7) is 14.7. The van der Waals surface area contributed by atoms with E-state index in [1.807, 2.05) is 19.1 Å². The van der Waals surface area contributed by atoms with Crippen LogP contribution in [0.4, 0.5) is 4.39 Å². The van der Waals surface area contributed by atoms with Gasteiger partial charge in [0.25, 0.3) is 0 Å². The lowest BCUT2D eigenvalue weighted by Crippen LogP contribution is -2.37. The molecule has 0 atom stereocenters. The topological polar surface area (TPSA) is 61.8 Å². The Labute approximate surface area is 242 Å². The number of ketones is 2. The van der Waals surface area contributed by atoms with Gasteiger partial charge in [0, 0.05) is 48.3 Å². The first-order chi connectivity index (χ1) is 19.4. The van der Waals surface area contributed by atoms with E-state index in [0.29, 0.717) is 78.4 Å². The SMILES string of the molecule is C=CCc1cc(C2C3=C(CC(C)(C)CC3=O)OC3=C2C(=O)CC(C)(C)C3)cc(OCC)c1OCc1cccc(F)c1. The summed E-state index contributed by atoms with van der Waals surface area (Å²) in [4.78, 5) is 27.5. The third-order valence-corrected chi connectivity index (χ3v) is 8.01. The fourth-order valence-corrected chi connectivity index (χ4v) is 6.37. The lowest BCUT2D eigenvalue weighted by Gasteiger charge is -2.42. The highest BCUT2D eigenvalue weighted by Gasteiger charge is 2.48. The molecule has 0 aromatic heterocycles. The number of rotatable bonds is 8. The van der Waals surface area contributed by atoms with E-state index in [1.165, 1.54) is 12.1 Å². The van der Waals surface area contributed by atoms with Crippen molar-refractivity contribution in [3.8, 4) is 11.5 Å². The van der Waals surface area contributed by atoms with Gasteiger partial charge in [0.1, 0.15) is 23.9 Å². The molecule has 1 aliphatic heterocycles. The maximum Gasteiger partial charge on any atom is 0.165 e. The molecule has 0 saturated heterocycles. The highest BCUT2D eigenvalue weighted by atomic mass is 19.1. The second-order valence-corrected chi connectivity index (χ2v) is 12.9. The average molecular weight is 559 g/mol. The maximum absolute atomic E-state index is 13.8. The summed E-state index contributed by atoms with van der Waals surface area (Å²) in [7, 11) is 0. The molecule has 1 heterocycles. The maximum atomic E-state index is 13.8. The van der Waals surface area contributed by atoms with Gasteiger partial charge in [0.2, 0.25) is 0 Å². The Balaban J connectivity index is 1.66. The molecule has 2 aromatic rings. The number of carbonyl (C=O) groups is 2. The molecule has 2 aromatic carbocycles. The lowest BCUT2D eigenvalue weighted by molar-refractivity contribution is -0.120. The highest BCUT2D eigenvalue weighted by Crippen LogP contribution is 2.54. The van der Waals surface area contributed by atoms with Crippen molar-refractivity contribution in [1.29, 1.82) is 0 Å². The Morgan fingerprint density at radius 2 is 1.59 bits per heavy atom. The monoisotopic (exact) mass is 558 g/mol. The van der Waals surface area contributed by atoms with Gasteiger partial charge in [0.05, 0.1) is 6.61 Å². The van der Waals surface area contributed by atoms with Crippen LogP contribution >= 0.6 is 0 Å². The Morgan fingerprint density at radius 1 is 0.951 bits per heavy atom. The van der Waals surface area contributed by atoms with E-state index in [9.17, 15) is 14.0 Å². The van der Waals surface area contributed by atoms with E-state index < -0.39 is 5.92 Å². The number of hydrogen-bond donors (Lipinski definition) is 0. The first-order valence-electron chi connectivity index (χ1n) is 14.4. The zero-order valence-electron chi connectivity index (χ0n) is 24.7. The molecular weight excluding hydrogens is 519 g/mol. The van der Waals surface area contributed by atoms with Gasteiger partial charge in [-0.2, -0.15) is 0 Å². The average Bonchev–Trinajstić information content (AvgIpc) is 2.85. The van der Waals surface area contributed by atoms with Crippen LogP contribution in [0.1, 0.15) is 82.9 Å². The van der Waals surface area contributed by atoms with E-state index in [-0.39, 0.29) is 34.8 Å². The van der Waals surface area contributed by atoms with Crippen molar-refractivity contribution in [1.82, 2.24) is 0 Å². The highest BCUT2D eigenvalue weighted by molar-refractivity contribution is 6.06. The van der Waals surface area contributed by atoms with Gasteiger partial charge in [-0.3, -0.25) is 9.59 Å². The van der Waals surface area contributed by atoms with Gasteiger partial charge >= 0.3 is 0 Å². The molecule has 0 N–H and O–H groups in total. The van der Waals surface area contributed by atoms with E-state index in [1.54, 1.807) is 18.2 Å². The van der Waals surface area contributed by atoms with E-state index in [4.69, 9.17) is 14.2 Å². The summed E-state index contributed by atoms with van der Waals surface area (Å²) in [6, 6.07) is 10.2. The number of ether oxygens (including phenoxy) is 3. The van der Waals surface area contributed by atoms with Crippen molar-refractivity contribution < 1.29 is 28.2 Å². The van der Waals surface area contributed by atoms with Crippen LogP contribution in [0.15, 0.2) is 71.7 Å². The first-order valence-corrected chi connectivity index (χ1v) is 14.4. The molecule has 0 unspecified atom stereocenters. The first kappa shape index (κ1) is 28.8. The molecule has 41 heavy (non-hydrogen) atoms.